The Hall–Kier alpha value is 0.1000. The van der Waals surface area contributed by atoms with E-state index in [-0.39, 0.29) is 6.10 Å². The molecule has 0 bridgehead atoms. The molecule has 84 valence electrons. The maximum Gasteiger partial charge on any atom is 0.102 e. The van der Waals surface area contributed by atoms with Gasteiger partial charge in [0.2, 0.25) is 0 Å². The summed E-state index contributed by atoms with van der Waals surface area (Å²) in [6, 6.07) is 5.67. The van der Waals surface area contributed by atoms with Crippen molar-refractivity contribution in [3.8, 4) is 0 Å². The fraction of sp³-hybridized carbons (Fsp3) is 0.455. The molecule has 4 heteroatoms. The third-order valence-electron chi connectivity index (χ3n) is 1.92. The number of benzene rings is 1. The first-order valence-electron chi connectivity index (χ1n) is 4.75. The lowest BCUT2D eigenvalue weighted by Crippen LogP contribution is -2.11. The first kappa shape index (κ1) is 13.2. The van der Waals surface area contributed by atoms with E-state index in [1.54, 1.807) is 0 Å². The van der Waals surface area contributed by atoms with Gasteiger partial charge in [-0.3, -0.25) is 0 Å². The normalized spacial score (nSPS) is 13.2. The summed E-state index contributed by atoms with van der Waals surface area (Å²) in [4.78, 5) is 0. The van der Waals surface area contributed by atoms with Crippen LogP contribution in [0, 0.1) is 0 Å². The molecule has 0 amide bonds. The minimum atomic E-state index is -0.572. The van der Waals surface area contributed by atoms with Crippen LogP contribution in [0.3, 0.4) is 0 Å². The third kappa shape index (κ3) is 4.23. The zero-order chi connectivity index (χ0) is 11.4. The quantitative estimate of drug-likeness (QED) is 0.908. The van der Waals surface area contributed by atoms with Gasteiger partial charge in [0.05, 0.1) is 12.7 Å². The van der Waals surface area contributed by atoms with Crippen molar-refractivity contribution in [1.82, 2.24) is 0 Å². The third-order valence-corrected chi connectivity index (χ3v) is 3.80. The van der Waals surface area contributed by atoms with E-state index in [4.69, 9.17) is 4.74 Å². The molecule has 1 aromatic rings. The van der Waals surface area contributed by atoms with Gasteiger partial charge in [-0.15, -0.1) is 0 Å². The smallest absolute Gasteiger partial charge is 0.102 e. The lowest BCUT2D eigenvalue weighted by atomic mass is 10.1. The van der Waals surface area contributed by atoms with Crippen LogP contribution in [0.5, 0.6) is 0 Å². The molecule has 1 aromatic carbocycles. The minimum absolute atomic E-state index is 0.138. The van der Waals surface area contributed by atoms with E-state index in [0.29, 0.717) is 6.61 Å². The van der Waals surface area contributed by atoms with Gasteiger partial charge in [0.15, 0.2) is 0 Å². The summed E-state index contributed by atoms with van der Waals surface area (Å²) in [6.45, 7) is 4.22. The van der Waals surface area contributed by atoms with Gasteiger partial charge in [0.1, 0.15) is 6.10 Å². The second-order valence-electron chi connectivity index (χ2n) is 3.57. The Labute approximate surface area is 107 Å². The highest BCUT2D eigenvalue weighted by molar-refractivity contribution is 9.13. The summed E-state index contributed by atoms with van der Waals surface area (Å²) in [6.07, 6.45) is -0.435. The summed E-state index contributed by atoms with van der Waals surface area (Å²) in [5.41, 5.74) is 0.853. The zero-order valence-electron chi connectivity index (χ0n) is 8.71. The molecule has 1 N–H and O–H groups in total. The number of hydrogen-bond acceptors (Lipinski definition) is 2. The van der Waals surface area contributed by atoms with E-state index in [1.807, 2.05) is 32.0 Å². The number of rotatable bonds is 4. The van der Waals surface area contributed by atoms with Crippen molar-refractivity contribution in [3.05, 3.63) is 32.7 Å². The highest BCUT2D eigenvalue weighted by Gasteiger charge is 2.10. The first-order chi connectivity index (χ1) is 7.00. The molecule has 0 aliphatic heterocycles. The number of ether oxygens (including phenoxy) is 1. The van der Waals surface area contributed by atoms with E-state index in [0.717, 1.165) is 14.5 Å². The topological polar surface area (TPSA) is 29.5 Å². The lowest BCUT2D eigenvalue weighted by molar-refractivity contribution is 0.00490. The standard InChI is InChI=1S/C11H14Br2O2/c1-7(2)15-6-11(14)8-3-4-9(12)10(13)5-8/h3-5,7,11,14H,6H2,1-2H3. The molecule has 1 atom stereocenters. The van der Waals surface area contributed by atoms with Crippen LogP contribution in [0.25, 0.3) is 0 Å². The number of aliphatic hydroxyl groups excluding tert-OH is 1. The molecule has 15 heavy (non-hydrogen) atoms. The Morgan fingerprint density at radius 2 is 1.93 bits per heavy atom. The van der Waals surface area contributed by atoms with Crippen LogP contribution in [0.15, 0.2) is 27.1 Å². The van der Waals surface area contributed by atoms with E-state index in [2.05, 4.69) is 31.9 Å². The van der Waals surface area contributed by atoms with Crippen molar-refractivity contribution in [3.63, 3.8) is 0 Å². The fourth-order valence-electron chi connectivity index (χ4n) is 1.10. The predicted octanol–water partition coefficient (Wildman–Crippen LogP) is 3.67. The van der Waals surface area contributed by atoms with Gasteiger partial charge < -0.3 is 9.84 Å². The van der Waals surface area contributed by atoms with Crippen molar-refractivity contribution in [2.24, 2.45) is 0 Å². The Kier molecular flexibility index (Phi) is 5.26. The maximum absolute atomic E-state index is 9.82. The molecule has 0 heterocycles. The van der Waals surface area contributed by atoms with Gasteiger partial charge >= 0.3 is 0 Å². The van der Waals surface area contributed by atoms with Crippen LogP contribution in [-0.2, 0) is 4.74 Å². The zero-order valence-corrected chi connectivity index (χ0v) is 11.9. The van der Waals surface area contributed by atoms with E-state index in [9.17, 15) is 5.11 Å². The number of hydrogen-bond donors (Lipinski definition) is 1. The molecule has 0 spiro atoms. The summed E-state index contributed by atoms with van der Waals surface area (Å²) in [5.74, 6) is 0. The largest absolute Gasteiger partial charge is 0.386 e. The van der Waals surface area contributed by atoms with Crippen molar-refractivity contribution >= 4 is 31.9 Å². The van der Waals surface area contributed by atoms with Crippen molar-refractivity contribution in [2.45, 2.75) is 26.1 Å². The van der Waals surface area contributed by atoms with E-state index < -0.39 is 6.10 Å². The summed E-state index contributed by atoms with van der Waals surface area (Å²) in [5, 5.41) is 9.82. The minimum Gasteiger partial charge on any atom is -0.386 e. The highest BCUT2D eigenvalue weighted by atomic mass is 79.9. The molecule has 2 nitrogen and oxygen atoms in total. The summed E-state index contributed by atoms with van der Waals surface area (Å²) >= 11 is 6.78. The Balaban J connectivity index is 2.65. The Bertz CT molecular complexity index is 326. The second kappa shape index (κ2) is 5.99. The van der Waals surface area contributed by atoms with E-state index in [1.165, 1.54) is 0 Å². The molecule has 0 fully saturated rings. The highest BCUT2D eigenvalue weighted by Crippen LogP contribution is 2.26. The monoisotopic (exact) mass is 336 g/mol. The molecular formula is C11H14Br2O2. The molecule has 0 aliphatic carbocycles. The van der Waals surface area contributed by atoms with Gasteiger partial charge in [0, 0.05) is 8.95 Å². The Morgan fingerprint density at radius 1 is 1.27 bits per heavy atom. The molecule has 0 saturated heterocycles. The molecule has 0 aromatic heterocycles. The average Bonchev–Trinajstić information content (AvgIpc) is 2.18. The van der Waals surface area contributed by atoms with Crippen molar-refractivity contribution in [2.75, 3.05) is 6.61 Å². The van der Waals surface area contributed by atoms with Crippen LogP contribution in [-0.4, -0.2) is 17.8 Å². The maximum atomic E-state index is 9.82. The molecule has 1 rings (SSSR count). The van der Waals surface area contributed by atoms with Crippen LogP contribution in [0.1, 0.15) is 25.5 Å². The van der Waals surface area contributed by atoms with Gasteiger partial charge in [-0.2, -0.15) is 0 Å². The van der Waals surface area contributed by atoms with Gasteiger partial charge in [-0.25, -0.2) is 0 Å². The average molecular weight is 338 g/mol. The number of aliphatic hydroxyl groups is 1. The van der Waals surface area contributed by atoms with Crippen LogP contribution >= 0.6 is 31.9 Å². The second-order valence-corrected chi connectivity index (χ2v) is 5.28. The number of halogens is 2. The van der Waals surface area contributed by atoms with Crippen LogP contribution < -0.4 is 0 Å². The van der Waals surface area contributed by atoms with Crippen LogP contribution in [0.2, 0.25) is 0 Å². The van der Waals surface area contributed by atoms with E-state index >= 15 is 0 Å². The summed E-state index contributed by atoms with van der Waals surface area (Å²) < 4.78 is 7.26. The lowest BCUT2D eigenvalue weighted by Gasteiger charge is -2.14. The predicted molar refractivity (Wildman–Crippen MR) is 67.9 cm³/mol. The van der Waals surface area contributed by atoms with Gasteiger partial charge in [-0.05, 0) is 63.4 Å². The summed E-state index contributed by atoms with van der Waals surface area (Å²) in [7, 11) is 0. The van der Waals surface area contributed by atoms with Crippen molar-refractivity contribution < 1.29 is 9.84 Å². The molecular weight excluding hydrogens is 324 g/mol. The Morgan fingerprint density at radius 3 is 2.47 bits per heavy atom. The molecule has 0 aliphatic rings. The van der Waals surface area contributed by atoms with Gasteiger partial charge in [0.25, 0.3) is 0 Å². The van der Waals surface area contributed by atoms with Crippen LogP contribution in [0.4, 0.5) is 0 Å². The first-order valence-corrected chi connectivity index (χ1v) is 6.34. The van der Waals surface area contributed by atoms with Gasteiger partial charge in [-0.1, -0.05) is 6.07 Å². The molecule has 1 unspecified atom stereocenters. The van der Waals surface area contributed by atoms with Crippen molar-refractivity contribution in [1.29, 1.82) is 0 Å². The molecule has 0 saturated carbocycles. The fourth-order valence-corrected chi connectivity index (χ4v) is 1.74. The SMILES string of the molecule is CC(C)OCC(O)c1ccc(Br)c(Br)c1. The molecule has 0 radical (unpaired) electrons.